The molecule has 0 aliphatic heterocycles. The van der Waals surface area contributed by atoms with Crippen molar-refractivity contribution >= 4 is 17.6 Å². The highest BCUT2D eigenvalue weighted by Crippen LogP contribution is 2.26. The van der Waals surface area contributed by atoms with Gasteiger partial charge in [0.1, 0.15) is 5.75 Å². The fourth-order valence-corrected chi connectivity index (χ4v) is 1.73. The highest BCUT2D eigenvalue weighted by Gasteiger charge is 2.17. The van der Waals surface area contributed by atoms with Gasteiger partial charge in [0.2, 0.25) is 0 Å². The summed E-state index contributed by atoms with van der Waals surface area (Å²) in [6.07, 6.45) is 0. The summed E-state index contributed by atoms with van der Waals surface area (Å²) in [5.74, 6) is -0.529. The quantitative estimate of drug-likeness (QED) is 0.919. The Kier molecular flexibility index (Phi) is 3.20. The lowest BCUT2D eigenvalue weighted by atomic mass is 10.2. The number of aromatic carboxylic acids is 1. The molecule has 0 amide bonds. The van der Waals surface area contributed by atoms with Gasteiger partial charge in [-0.2, -0.15) is 0 Å². The number of carboxylic acids is 1. The average Bonchev–Trinajstić information content (AvgIpc) is 2.72. The minimum Gasteiger partial charge on any atom is -0.497 e. The molecule has 1 N–H and O–H groups in total. The average molecular weight is 268 g/mol. The molecule has 18 heavy (non-hydrogen) atoms. The summed E-state index contributed by atoms with van der Waals surface area (Å²) in [6, 6.07) is 5.02. The number of ether oxygens (including phenoxy) is 1. The lowest BCUT2D eigenvalue weighted by molar-refractivity contribution is 0.0689. The van der Waals surface area contributed by atoms with Crippen LogP contribution in [0.5, 0.6) is 5.75 Å². The van der Waals surface area contributed by atoms with Crippen molar-refractivity contribution in [2.45, 2.75) is 6.92 Å². The summed E-state index contributed by atoms with van der Waals surface area (Å²) < 4.78 is 6.46. The van der Waals surface area contributed by atoms with E-state index < -0.39 is 5.97 Å². The lowest BCUT2D eigenvalue weighted by Gasteiger charge is -2.07. The monoisotopic (exact) mass is 267 g/mol. The number of nitrogens with zero attached hydrogens (tertiary/aromatic N) is 3. The first-order valence-corrected chi connectivity index (χ1v) is 5.42. The molecule has 2 rings (SSSR count). The number of hydrogen-bond acceptors (Lipinski definition) is 4. The van der Waals surface area contributed by atoms with E-state index in [1.807, 2.05) is 0 Å². The Morgan fingerprint density at radius 1 is 1.50 bits per heavy atom. The molecule has 0 saturated heterocycles. The molecule has 0 aliphatic rings. The number of carboxylic acid groups (broad SMARTS) is 1. The van der Waals surface area contributed by atoms with Crippen LogP contribution in [0.4, 0.5) is 0 Å². The standard InChI is InChI=1S/C11H10ClN3O3/c1-6-10(11(16)17)13-14-15(6)9-5-7(18-2)3-4-8(9)12/h3-5H,1-2H3,(H,16,17). The molecule has 0 atom stereocenters. The first-order valence-electron chi connectivity index (χ1n) is 5.04. The maximum absolute atomic E-state index is 10.9. The summed E-state index contributed by atoms with van der Waals surface area (Å²) >= 11 is 6.06. The van der Waals surface area contributed by atoms with E-state index in [1.165, 1.54) is 11.8 Å². The van der Waals surface area contributed by atoms with Crippen molar-refractivity contribution in [1.29, 1.82) is 0 Å². The van der Waals surface area contributed by atoms with Crippen LogP contribution in [0.25, 0.3) is 5.69 Å². The van der Waals surface area contributed by atoms with Crippen LogP contribution < -0.4 is 4.74 Å². The van der Waals surface area contributed by atoms with Crippen LogP contribution in [0.15, 0.2) is 18.2 Å². The summed E-state index contributed by atoms with van der Waals surface area (Å²) in [6.45, 7) is 1.61. The predicted octanol–water partition coefficient (Wildman–Crippen LogP) is 1.94. The third-order valence-electron chi connectivity index (χ3n) is 2.48. The fraction of sp³-hybridized carbons (Fsp3) is 0.182. The van der Waals surface area contributed by atoms with Crippen LogP contribution in [-0.4, -0.2) is 33.2 Å². The molecule has 0 aliphatic carbocycles. The number of rotatable bonds is 3. The normalized spacial score (nSPS) is 10.4. The van der Waals surface area contributed by atoms with E-state index in [4.69, 9.17) is 21.4 Å². The molecular formula is C11H10ClN3O3. The van der Waals surface area contributed by atoms with Crippen molar-refractivity contribution < 1.29 is 14.6 Å². The van der Waals surface area contributed by atoms with Crippen molar-refractivity contribution in [3.05, 3.63) is 34.6 Å². The fourth-order valence-electron chi connectivity index (χ4n) is 1.54. The van der Waals surface area contributed by atoms with E-state index in [0.29, 0.717) is 22.2 Å². The van der Waals surface area contributed by atoms with Gasteiger partial charge in [-0.05, 0) is 19.1 Å². The number of methoxy groups -OCH3 is 1. The Morgan fingerprint density at radius 3 is 2.78 bits per heavy atom. The second-order valence-corrected chi connectivity index (χ2v) is 3.96. The molecule has 7 heteroatoms. The number of carbonyl (C=O) groups is 1. The molecule has 0 saturated carbocycles. The molecule has 0 fully saturated rings. The summed E-state index contributed by atoms with van der Waals surface area (Å²) in [7, 11) is 1.53. The van der Waals surface area contributed by atoms with E-state index in [9.17, 15) is 4.79 Å². The summed E-state index contributed by atoms with van der Waals surface area (Å²) in [5.41, 5.74) is 0.819. The first-order chi connectivity index (χ1) is 8.54. The summed E-state index contributed by atoms with van der Waals surface area (Å²) in [4.78, 5) is 10.9. The molecule has 0 spiro atoms. The van der Waals surface area contributed by atoms with Gasteiger partial charge in [-0.15, -0.1) is 5.10 Å². The minimum atomic E-state index is -1.13. The van der Waals surface area contributed by atoms with Crippen LogP contribution in [-0.2, 0) is 0 Å². The number of aromatic nitrogens is 3. The zero-order valence-electron chi connectivity index (χ0n) is 9.72. The van der Waals surface area contributed by atoms with Gasteiger partial charge < -0.3 is 9.84 Å². The third kappa shape index (κ3) is 2.02. The maximum atomic E-state index is 10.9. The van der Waals surface area contributed by atoms with E-state index in [-0.39, 0.29) is 5.69 Å². The lowest BCUT2D eigenvalue weighted by Crippen LogP contribution is -2.03. The van der Waals surface area contributed by atoms with E-state index in [0.717, 1.165) is 0 Å². The molecule has 2 aromatic rings. The van der Waals surface area contributed by atoms with Gasteiger partial charge in [0.25, 0.3) is 0 Å². The molecule has 0 radical (unpaired) electrons. The highest BCUT2D eigenvalue weighted by molar-refractivity contribution is 6.32. The maximum Gasteiger partial charge on any atom is 0.358 e. The Hall–Kier alpha value is -2.08. The van der Waals surface area contributed by atoms with Crippen LogP contribution in [0.1, 0.15) is 16.2 Å². The molecule has 0 unspecified atom stereocenters. The predicted molar refractivity (Wildman–Crippen MR) is 64.6 cm³/mol. The number of hydrogen-bond donors (Lipinski definition) is 1. The second-order valence-electron chi connectivity index (χ2n) is 3.56. The van der Waals surface area contributed by atoms with Crippen LogP contribution >= 0.6 is 11.6 Å². The van der Waals surface area contributed by atoms with Crippen LogP contribution in [0.3, 0.4) is 0 Å². The van der Waals surface area contributed by atoms with Crippen molar-refractivity contribution in [1.82, 2.24) is 15.0 Å². The zero-order valence-corrected chi connectivity index (χ0v) is 10.5. The Balaban J connectivity index is 2.58. The van der Waals surface area contributed by atoms with Crippen LogP contribution in [0, 0.1) is 6.92 Å². The number of benzene rings is 1. The second kappa shape index (κ2) is 4.66. The molecule has 0 bridgehead atoms. The minimum absolute atomic E-state index is 0.103. The molecule has 1 aromatic heterocycles. The SMILES string of the molecule is COc1ccc(Cl)c(-n2nnc(C(=O)O)c2C)c1. The van der Waals surface area contributed by atoms with E-state index in [1.54, 1.807) is 25.1 Å². The smallest absolute Gasteiger partial charge is 0.358 e. The van der Waals surface area contributed by atoms with Crippen molar-refractivity contribution in [3.63, 3.8) is 0 Å². The van der Waals surface area contributed by atoms with E-state index >= 15 is 0 Å². The molecule has 94 valence electrons. The largest absolute Gasteiger partial charge is 0.497 e. The van der Waals surface area contributed by atoms with Gasteiger partial charge >= 0.3 is 5.97 Å². The van der Waals surface area contributed by atoms with E-state index in [2.05, 4.69) is 10.3 Å². The summed E-state index contributed by atoms with van der Waals surface area (Å²) in [5, 5.41) is 16.7. The van der Waals surface area contributed by atoms with Crippen molar-refractivity contribution in [3.8, 4) is 11.4 Å². The Bertz CT molecular complexity index is 610. The number of halogens is 1. The molecule has 1 aromatic carbocycles. The van der Waals surface area contributed by atoms with Gasteiger partial charge in [-0.3, -0.25) is 0 Å². The van der Waals surface area contributed by atoms with Gasteiger partial charge in [0.15, 0.2) is 5.69 Å². The van der Waals surface area contributed by atoms with Gasteiger partial charge in [-0.25, -0.2) is 9.48 Å². The first kappa shape index (κ1) is 12.4. The Labute approximate surface area is 108 Å². The van der Waals surface area contributed by atoms with Crippen LogP contribution in [0.2, 0.25) is 5.02 Å². The topological polar surface area (TPSA) is 77.2 Å². The highest BCUT2D eigenvalue weighted by atomic mass is 35.5. The molecule has 6 nitrogen and oxygen atoms in total. The molecular weight excluding hydrogens is 258 g/mol. The zero-order chi connectivity index (χ0) is 13.3. The van der Waals surface area contributed by atoms with Gasteiger partial charge in [0.05, 0.1) is 23.5 Å². The van der Waals surface area contributed by atoms with Gasteiger partial charge in [-0.1, -0.05) is 16.8 Å². The third-order valence-corrected chi connectivity index (χ3v) is 2.80. The Morgan fingerprint density at radius 2 is 2.22 bits per heavy atom. The van der Waals surface area contributed by atoms with Crippen molar-refractivity contribution in [2.75, 3.05) is 7.11 Å². The molecule has 1 heterocycles. The van der Waals surface area contributed by atoms with Gasteiger partial charge in [0, 0.05) is 6.07 Å². The van der Waals surface area contributed by atoms with Crippen molar-refractivity contribution in [2.24, 2.45) is 0 Å².